The zero-order chi connectivity index (χ0) is 18.6. The summed E-state index contributed by atoms with van der Waals surface area (Å²) in [6.07, 6.45) is 4.54. The molecule has 134 valence electrons. The van der Waals surface area contributed by atoms with E-state index in [0.717, 1.165) is 5.56 Å². The summed E-state index contributed by atoms with van der Waals surface area (Å²) in [4.78, 5) is 8.16. The van der Waals surface area contributed by atoms with E-state index in [0.29, 0.717) is 23.2 Å². The van der Waals surface area contributed by atoms with Crippen LogP contribution >= 0.6 is 0 Å². The summed E-state index contributed by atoms with van der Waals surface area (Å²) in [5.74, 6) is 1.13. The van der Waals surface area contributed by atoms with Crippen LogP contribution in [0.2, 0.25) is 0 Å². The highest BCUT2D eigenvalue weighted by molar-refractivity contribution is 7.92. The van der Waals surface area contributed by atoms with Crippen molar-refractivity contribution in [2.24, 2.45) is 0 Å². The molecule has 0 spiro atoms. The zero-order valence-corrected chi connectivity index (χ0v) is 15.3. The SMILES string of the molecule is CC(C)c1ccc(S(=O)(=O)Nc2cccc(Oc3cnccn3)c2)cc1. The van der Waals surface area contributed by atoms with Gasteiger partial charge in [-0.25, -0.2) is 13.4 Å². The molecule has 0 saturated heterocycles. The van der Waals surface area contributed by atoms with Crippen LogP contribution in [0.1, 0.15) is 25.3 Å². The van der Waals surface area contributed by atoms with Crippen molar-refractivity contribution in [1.82, 2.24) is 9.97 Å². The quantitative estimate of drug-likeness (QED) is 0.704. The molecule has 2 aromatic carbocycles. The van der Waals surface area contributed by atoms with E-state index in [4.69, 9.17) is 4.74 Å². The monoisotopic (exact) mass is 369 g/mol. The molecule has 0 atom stereocenters. The van der Waals surface area contributed by atoms with Crippen molar-refractivity contribution in [1.29, 1.82) is 0 Å². The fourth-order valence-corrected chi connectivity index (χ4v) is 3.38. The van der Waals surface area contributed by atoms with Gasteiger partial charge in [-0.2, -0.15) is 0 Å². The van der Waals surface area contributed by atoms with Crippen molar-refractivity contribution < 1.29 is 13.2 Å². The van der Waals surface area contributed by atoms with Gasteiger partial charge in [0, 0.05) is 18.5 Å². The average Bonchev–Trinajstić information content (AvgIpc) is 2.62. The number of rotatable bonds is 6. The number of ether oxygens (including phenoxy) is 1. The summed E-state index contributed by atoms with van der Waals surface area (Å²) in [5.41, 5.74) is 1.49. The minimum Gasteiger partial charge on any atom is -0.437 e. The van der Waals surface area contributed by atoms with Gasteiger partial charge in [0.2, 0.25) is 5.88 Å². The molecule has 1 N–H and O–H groups in total. The Kier molecular flexibility index (Phi) is 5.18. The Hall–Kier alpha value is -2.93. The number of nitrogens with zero attached hydrogens (tertiary/aromatic N) is 2. The molecular weight excluding hydrogens is 350 g/mol. The molecule has 0 amide bonds. The molecule has 0 fully saturated rings. The highest BCUT2D eigenvalue weighted by Gasteiger charge is 2.15. The first-order valence-corrected chi connectivity index (χ1v) is 9.59. The van der Waals surface area contributed by atoms with Gasteiger partial charge in [0.15, 0.2) is 0 Å². The molecule has 7 heteroatoms. The molecule has 3 aromatic rings. The molecular formula is C19H19N3O3S. The largest absolute Gasteiger partial charge is 0.437 e. The van der Waals surface area contributed by atoms with Gasteiger partial charge in [-0.3, -0.25) is 9.71 Å². The minimum atomic E-state index is -3.68. The van der Waals surface area contributed by atoms with Crippen LogP contribution in [0.25, 0.3) is 0 Å². The lowest BCUT2D eigenvalue weighted by Crippen LogP contribution is -2.13. The van der Waals surface area contributed by atoms with Gasteiger partial charge in [0.1, 0.15) is 5.75 Å². The fourth-order valence-electron chi connectivity index (χ4n) is 2.33. The van der Waals surface area contributed by atoms with Crippen LogP contribution in [0.4, 0.5) is 5.69 Å². The summed E-state index contributed by atoms with van der Waals surface area (Å²) < 4.78 is 33.3. The van der Waals surface area contributed by atoms with Crippen LogP contribution in [0.3, 0.4) is 0 Å². The number of benzene rings is 2. The van der Waals surface area contributed by atoms with Crippen LogP contribution in [-0.4, -0.2) is 18.4 Å². The predicted molar refractivity (Wildman–Crippen MR) is 99.9 cm³/mol. The Morgan fingerprint density at radius 1 is 1.04 bits per heavy atom. The first-order valence-electron chi connectivity index (χ1n) is 8.11. The van der Waals surface area contributed by atoms with E-state index in [1.165, 1.54) is 12.4 Å². The smallest absolute Gasteiger partial charge is 0.261 e. The van der Waals surface area contributed by atoms with Crippen LogP contribution in [0, 0.1) is 0 Å². The van der Waals surface area contributed by atoms with Crippen LogP contribution in [0.15, 0.2) is 72.0 Å². The molecule has 0 unspecified atom stereocenters. The lowest BCUT2D eigenvalue weighted by atomic mass is 10.0. The van der Waals surface area contributed by atoms with Gasteiger partial charge < -0.3 is 4.74 Å². The minimum absolute atomic E-state index is 0.210. The molecule has 1 heterocycles. The zero-order valence-electron chi connectivity index (χ0n) is 14.5. The third-order valence-electron chi connectivity index (χ3n) is 3.71. The maximum atomic E-state index is 12.6. The summed E-state index contributed by atoms with van der Waals surface area (Å²) in [6, 6.07) is 13.5. The van der Waals surface area contributed by atoms with Crippen molar-refractivity contribution in [3.8, 4) is 11.6 Å². The van der Waals surface area contributed by atoms with Gasteiger partial charge in [0.05, 0.1) is 16.8 Å². The normalized spacial score (nSPS) is 11.3. The highest BCUT2D eigenvalue weighted by Crippen LogP contribution is 2.24. The van der Waals surface area contributed by atoms with Gasteiger partial charge in [0.25, 0.3) is 10.0 Å². The van der Waals surface area contributed by atoms with Gasteiger partial charge in [-0.05, 0) is 35.7 Å². The number of sulfonamides is 1. The van der Waals surface area contributed by atoms with Crippen LogP contribution in [-0.2, 0) is 10.0 Å². The van der Waals surface area contributed by atoms with Gasteiger partial charge in [-0.1, -0.05) is 32.0 Å². The maximum absolute atomic E-state index is 12.6. The predicted octanol–water partition coefficient (Wildman–Crippen LogP) is 4.19. The first kappa shape index (κ1) is 17.9. The third-order valence-corrected chi connectivity index (χ3v) is 5.10. The lowest BCUT2D eigenvalue weighted by molar-refractivity contribution is 0.460. The number of hydrogen-bond donors (Lipinski definition) is 1. The molecule has 0 saturated carbocycles. The number of nitrogens with one attached hydrogen (secondary N) is 1. The third kappa shape index (κ3) is 4.37. The first-order chi connectivity index (χ1) is 12.4. The lowest BCUT2D eigenvalue weighted by Gasteiger charge is -2.11. The average molecular weight is 369 g/mol. The van der Waals surface area contributed by atoms with Crippen molar-refractivity contribution in [2.45, 2.75) is 24.7 Å². The fraction of sp³-hybridized carbons (Fsp3) is 0.158. The summed E-state index contributed by atoms with van der Waals surface area (Å²) in [5, 5.41) is 0. The van der Waals surface area contributed by atoms with E-state index < -0.39 is 10.0 Å². The second kappa shape index (κ2) is 7.53. The molecule has 0 bridgehead atoms. The van der Waals surface area contributed by atoms with E-state index in [9.17, 15) is 8.42 Å². The maximum Gasteiger partial charge on any atom is 0.261 e. The molecule has 3 rings (SSSR count). The van der Waals surface area contributed by atoms with Crippen molar-refractivity contribution in [3.63, 3.8) is 0 Å². The van der Waals surface area contributed by atoms with Gasteiger partial charge in [-0.15, -0.1) is 0 Å². The molecule has 0 aliphatic heterocycles. The molecule has 0 radical (unpaired) electrons. The standard InChI is InChI=1S/C19H19N3O3S/c1-14(2)15-6-8-18(9-7-15)26(23,24)22-16-4-3-5-17(12-16)25-19-13-20-10-11-21-19/h3-14,22H,1-2H3. The van der Waals surface area contributed by atoms with Crippen molar-refractivity contribution >= 4 is 15.7 Å². The van der Waals surface area contributed by atoms with E-state index in [1.807, 2.05) is 12.1 Å². The van der Waals surface area contributed by atoms with E-state index in [-0.39, 0.29) is 4.90 Å². The number of anilines is 1. The summed E-state index contributed by atoms with van der Waals surface area (Å²) in [7, 11) is -3.68. The Morgan fingerprint density at radius 3 is 2.46 bits per heavy atom. The number of aromatic nitrogens is 2. The summed E-state index contributed by atoms with van der Waals surface area (Å²) in [6.45, 7) is 4.12. The molecule has 1 aromatic heterocycles. The van der Waals surface area contributed by atoms with Crippen molar-refractivity contribution in [2.75, 3.05) is 4.72 Å². The Morgan fingerprint density at radius 2 is 1.81 bits per heavy atom. The molecule has 26 heavy (non-hydrogen) atoms. The molecule has 0 aliphatic carbocycles. The topological polar surface area (TPSA) is 81.2 Å². The van der Waals surface area contributed by atoms with Crippen LogP contribution in [0.5, 0.6) is 11.6 Å². The van der Waals surface area contributed by atoms with Gasteiger partial charge >= 0.3 is 0 Å². The Balaban J connectivity index is 1.78. The van der Waals surface area contributed by atoms with Crippen molar-refractivity contribution in [3.05, 3.63) is 72.7 Å². The Labute approximate surface area is 153 Å². The number of hydrogen-bond acceptors (Lipinski definition) is 5. The highest BCUT2D eigenvalue weighted by atomic mass is 32.2. The van der Waals surface area contributed by atoms with Crippen LogP contribution < -0.4 is 9.46 Å². The van der Waals surface area contributed by atoms with E-state index in [1.54, 1.807) is 42.6 Å². The second-order valence-electron chi connectivity index (χ2n) is 6.00. The van der Waals surface area contributed by atoms with E-state index in [2.05, 4.69) is 28.5 Å². The van der Waals surface area contributed by atoms with E-state index >= 15 is 0 Å². The molecule has 0 aliphatic rings. The second-order valence-corrected chi connectivity index (χ2v) is 7.69. The summed E-state index contributed by atoms with van der Waals surface area (Å²) >= 11 is 0. The molecule has 6 nitrogen and oxygen atoms in total. The Bertz CT molecular complexity index is 972.